The maximum atomic E-state index is 5.48. The summed E-state index contributed by atoms with van der Waals surface area (Å²) in [6.07, 6.45) is 2.66. The number of methoxy groups -OCH3 is 2. The molecule has 6 nitrogen and oxygen atoms in total. The summed E-state index contributed by atoms with van der Waals surface area (Å²) in [5, 5.41) is 6.70. The molecule has 0 aromatic heterocycles. The van der Waals surface area contributed by atoms with E-state index in [0.717, 1.165) is 36.1 Å². The molecule has 2 aromatic carbocycles. The highest BCUT2D eigenvalue weighted by Gasteiger charge is 2.11. The van der Waals surface area contributed by atoms with Gasteiger partial charge in [-0.05, 0) is 56.1 Å². The van der Waals surface area contributed by atoms with Gasteiger partial charge in [-0.3, -0.25) is 4.90 Å². The Morgan fingerprint density at radius 1 is 0.967 bits per heavy atom. The summed E-state index contributed by atoms with van der Waals surface area (Å²) >= 11 is 0. The van der Waals surface area contributed by atoms with Gasteiger partial charge in [0.1, 0.15) is 11.5 Å². The lowest BCUT2D eigenvalue weighted by Gasteiger charge is -2.15. The van der Waals surface area contributed by atoms with Crippen LogP contribution in [0, 0.1) is 0 Å². The molecule has 6 heteroatoms. The van der Waals surface area contributed by atoms with E-state index in [4.69, 9.17) is 14.5 Å². The zero-order chi connectivity index (χ0) is 21.2. The predicted octanol–water partition coefficient (Wildman–Crippen LogP) is 3.55. The van der Waals surface area contributed by atoms with Crippen LogP contribution >= 0.6 is 0 Å². The van der Waals surface area contributed by atoms with E-state index >= 15 is 0 Å². The third-order valence-electron chi connectivity index (χ3n) is 5.33. The second-order valence-corrected chi connectivity index (χ2v) is 7.53. The molecule has 2 N–H and O–H groups in total. The third-order valence-corrected chi connectivity index (χ3v) is 5.33. The van der Waals surface area contributed by atoms with Crippen molar-refractivity contribution >= 4 is 5.96 Å². The Morgan fingerprint density at radius 3 is 2.37 bits per heavy atom. The minimum absolute atomic E-state index is 0.619. The molecule has 1 fully saturated rings. The van der Waals surface area contributed by atoms with Crippen LogP contribution in [0.2, 0.25) is 0 Å². The minimum Gasteiger partial charge on any atom is -0.497 e. The normalized spacial score (nSPS) is 14.6. The maximum Gasteiger partial charge on any atom is 0.191 e. The lowest BCUT2D eigenvalue weighted by molar-refractivity contribution is 0.331. The van der Waals surface area contributed by atoms with Gasteiger partial charge in [0.15, 0.2) is 5.96 Å². The average Bonchev–Trinajstić information content (AvgIpc) is 3.29. The molecule has 1 heterocycles. The summed E-state index contributed by atoms with van der Waals surface area (Å²) in [5.74, 6) is 2.37. The molecule has 0 amide bonds. The molecular weight excluding hydrogens is 376 g/mol. The molecule has 0 bridgehead atoms. The van der Waals surface area contributed by atoms with Crippen LogP contribution in [0.5, 0.6) is 11.5 Å². The topological polar surface area (TPSA) is 58.1 Å². The number of ether oxygens (including phenoxy) is 2. The lowest BCUT2D eigenvalue weighted by atomic mass is 10.1. The van der Waals surface area contributed by atoms with Gasteiger partial charge in [0.2, 0.25) is 0 Å². The Hall–Kier alpha value is -2.73. The van der Waals surface area contributed by atoms with Crippen LogP contribution in [0.25, 0.3) is 0 Å². The van der Waals surface area contributed by atoms with Gasteiger partial charge in [-0.2, -0.15) is 0 Å². The largest absolute Gasteiger partial charge is 0.497 e. The van der Waals surface area contributed by atoms with E-state index in [-0.39, 0.29) is 0 Å². The van der Waals surface area contributed by atoms with Crippen molar-refractivity contribution in [1.29, 1.82) is 0 Å². The van der Waals surface area contributed by atoms with Crippen molar-refractivity contribution in [1.82, 2.24) is 15.5 Å². The Balaban J connectivity index is 1.57. The van der Waals surface area contributed by atoms with Crippen molar-refractivity contribution in [3.8, 4) is 11.5 Å². The Bertz CT molecular complexity index is 814. The summed E-state index contributed by atoms with van der Waals surface area (Å²) in [7, 11) is 3.33. The Morgan fingerprint density at radius 2 is 1.70 bits per heavy atom. The lowest BCUT2D eigenvalue weighted by Crippen LogP contribution is -2.36. The summed E-state index contributed by atoms with van der Waals surface area (Å²) in [6, 6.07) is 14.7. The number of nitrogens with one attached hydrogen (secondary N) is 2. The molecular formula is C24H34N4O2. The first-order chi connectivity index (χ1) is 14.7. The van der Waals surface area contributed by atoms with Crippen molar-refractivity contribution in [2.75, 3.05) is 33.9 Å². The van der Waals surface area contributed by atoms with Crippen LogP contribution in [-0.4, -0.2) is 44.7 Å². The summed E-state index contributed by atoms with van der Waals surface area (Å²) in [5.41, 5.74) is 3.64. The fraction of sp³-hybridized carbons (Fsp3) is 0.458. The molecule has 0 aliphatic carbocycles. The van der Waals surface area contributed by atoms with E-state index in [9.17, 15) is 0 Å². The fourth-order valence-corrected chi connectivity index (χ4v) is 3.64. The molecule has 0 atom stereocenters. The van der Waals surface area contributed by atoms with Crippen molar-refractivity contribution < 1.29 is 9.47 Å². The second kappa shape index (κ2) is 11.5. The number of hydrogen-bond acceptors (Lipinski definition) is 4. The summed E-state index contributed by atoms with van der Waals surface area (Å²) in [6.45, 7) is 7.63. The molecule has 0 unspecified atom stereocenters. The number of guanidine groups is 1. The number of nitrogens with zero attached hydrogens (tertiary/aromatic N) is 2. The first-order valence-corrected chi connectivity index (χ1v) is 10.7. The second-order valence-electron chi connectivity index (χ2n) is 7.53. The van der Waals surface area contributed by atoms with Gasteiger partial charge in [0.05, 0.1) is 20.8 Å². The highest BCUT2D eigenvalue weighted by atomic mass is 16.5. The van der Waals surface area contributed by atoms with Gasteiger partial charge in [0.25, 0.3) is 0 Å². The number of rotatable bonds is 9. The van der Waals surface area contributed by atoms with Crippen molar-refractivity contribution in [3.63, 3.8) is 0 Å². The Labute approximate surface area is 180 Å². The summed E-state index contributed by atoms with van der Waals surface area (Å²) in [4.78, 5) is 7.26. The molecule has 30 heavy (non-hydrogen) atoms. The standard InChI is InChI=1S/C24H34N4O2/c1-4-25-24(27-17-21-11-12-22(29-2)15-23(21)30-3)26-16-19-7-9-20(10-8-19)18-28-13-5-6-14-28/h7-12,15H,4-6,13-14,16-18H2,1-3H3,(H2,25,26,27). The molecule has 0 spiro atoms. The molecule has 3 rings (SSSR count). The maximum absolute atomic E-state index is 5.48. The van der Waals surface area contributed by atoms with Gasteiger partial charge >= 0.3 is 0 Å². The van der Waals surface area contributed by atoms with Gasteiger partial charge in [0, 0.05) is 31.3 Å². The first-order valence-electron chi connectivity index (χ1n) is 10.7. The molecule has 162 valence electrons. The highest BCUT2D eigenvalue weighted by Crippen LogP contribution is 2.24. The van der Waals surface area contributed by atoms with Crippen LogP contribution in [0.1, 0.15) is 36.5 Å². The van der Waals surface area contributed by atoms with Gasteiger partial charge in [-0.25, -0.2) is 4.99 Å². The quantitative estimate of drug-likeness (QED) is 0.489. The van der Waals surface area contributed by atoms with E-state index in [2.05, 4.69) is 46.7 Å². The predicted molar refractivity (Wildman–Crippen MR) is 122 cm³/mol. The highest BCUT2D eigenvalue weighted by molar-refractivity contribution is 5.79. The van der Waals surface area contributed by atoms with Crippen LogP contribution in [0.15, 0.2) is 47.5 Å². The minimum atomic E-state index is 0.619. The average molecular weight is 411 g/mol. The van der Waals surface area contributed by atoms with Crippen LogP contribution in [0.4, 0.5) is 0 Å². The van der Waals surface area contributed by atoms with Crippen LogP contribution in [-0.2, 0) is 19.6 Å². The van der Waals surface area contributed by atoms with Crippen molar-refractivity contribution in [3.05, 3.63) is 59.2 Å². The molecule has 1 aliphatic heterocycles. The number of aliphatic imine (C=N–C) groups is 1. The SMILES string of the molecule is CCNC(=NCc1ccc(CN2CCCC2)cc1)NCc1ccc(OC)cc1OC. The van der Waals surface area contributed by atoms with Gasteiger partial charge in [-0.1, -0.05) is 24.3 Å². The number of likely N-dealkylation sites (tertiary alicyclic amines) is 1. The van der Waals surface area contributed by atoms with Crippen LogP contribution < -0.4 is 20.1 Å². The van der Waals surface area contributed by atoms with Gasteiger partial charge in [-0.15, -0.1) is 0 Å². The third kappa shape index (κ3) is 6.39. The monoisotopic (exact) mass is 410 g/mol. The molecule has 2 aromatic rings. The van der Waals surface area contributed by atoms with Crippen molar-refractivity contribution in [2.45, 2.75) is 39.4 Å². The molecule has 0 radical (unpaired) electrons. The first kappa shape index (κ1) is 22.0. The summed E-state index contributed by atoms with van der Waals surface area (Å²) < 4.78 is 10.8. The smallest absolute Gasteiger partial charge is 0.191 e. The molecule has 0 saturated carbocycles. The van der Waals surface area contributed by atoms with Crippen LogP contribution in [0.3, 0.4) is 0 Å². The Kier molecular flexibility index (Phi) is 8.39. The van der Waals surface area contributed by atoms with E-state index < -0.39 is 0 Å². The van der Waals surface area contributed by atoms with E-state index in [0.29, 0.717) is 13.1 Å². The number of hydrogen-bond donors (Lipinski definition) is 2. The number of benzene rings is 2. The zero-order valence-electron chi connectivity index (χ0n) is 18.4. The fourth-order valence-electron chi connectivity index (χ4n) is 3.64. The zero-order valence-corrected chi connectivity index (χ0v) is 18.4. The van der Waals surface area contributed by atoms with E-state index in [1.54, 1.807) is 14.2 Å². The molecule has 1 saturated heterocycles. The van der Waals surface area contributed by atoms with E-state index in [1.807, 2.05) is 18.2 Å². The van der Waals surface area contributed by atoms with Gasteiger partial charge < -0.3 is 20.1 Å². The molecule has 1 aliphatic rings. The van der Waals surface area contributed by atoms with Crippen molar-refractivity contribution in [2.24, 2.45) is 4.99 Å². The van der Waals surface area contributed by atoms with E-state index in [1.165, 1.54) is 37.1 Å².